The molecule has 0 fully saturated rings. The van der Waals surface area contributed by atoms with Crippen molar-refractivity contribution < 1.29 is 9.47 Å². The van der Waals surface area contributed by atoms with Crippen LogP contribution in [0.25, 0.3) is 22.3 Å². The van der Waals surface area contributed by atoms with Gasteiger partial charge < -0.3 is 9.47 Å². The molecule has 4 nitrogen and oxygen atoms in total. The third-order valence-electron chi connectivity index (χ3n) is 6.93. The van der Waals surface area contributed by atoms with Crippen LogP contribution in [-0.4, -0.2) is 35.3 Å². The number of ether oxygens (including phenoxy) is 2. The first-order valence-corrected chi connectivity index (χ1v) is 12.0. The lowest BCUT2D eigenvalue weighted by Crippen LogP contribution is -2.37. The molecule has 33 heavy (non-hydrogen) atoms. The van der Waals surface area contributed by atoms with E-state index in [1.54, 1.807) is 0 Å². The molecule has 0 amide bonds. The van der Waals surface area contributed by atoms with Crippen LogP contribution in [0, 0.1) is 6.92 Å². The molecule has 2 aliphatic heterocycles. The quantitative estimate of drug-likeness (QED) is 0.464. The van der Waals surface area contributed by atoms with Gasteiger partial charge in [0, 0.05) is 36.3 Å². The van der Waals surface area contributed by atoms with E-state index < -0.39 is 0 Å². The highest BCUT2D eigenvalue weighted by molar-refractivity contribution is 5.73. The molecular formula is C29H34N2O2. The normalized spacial score (nSPS) is 16.3. The molecule has 4 heteroatoms. The SMILES string of the molecule is Cc1cc(-c2ccc(-c3ccc4c(c3)CN(C(C)C)CO4)cc2)cc2c1OCN(C(C)C)C2. The lowest BCUT2D eigenvalue weighted by atomic mass is 9.95. The minimum absolute atomic E-state index is 0.469. The fourth-order valence-electron chi connectivity index (χ4n) is 4.71. The molecular weight excluding hydrogens is 408 g/mol. The Hall–Kier alpha value is -2.82. The maximum absolute atomic E-state index is 6.08. The molecule has 0 aromatic heterocycles. The van der Waals surface area contributed by atoms with E-state index in [0.717, 1.165) is 24.6 Å². The fourth-order valence-corrected chi connectivity index (χ4v) is 4.71. The maximum Gasteiger partial charge on any atom is 0.142 e. The average molecular weight is 443 g/mol. The topological polar surface area (TPSA) is 24.9 Å². The Kier molecular flexibility index (Phi) is 5.90. The molecule has 5 rings (SSSR count). The Morgan fingerprint density at radius 3 is 1.85 bits per heavy atom. The molecule has 0 saturated heterocycles. The lowest BCUT2D eigenvalue weighted by Gasteiger charge is -2.33. The van der Waals surface area contributed by atoms with Gasteiger partial charge in [-0.05, 0) is 86.7 Å². The number of aryl methyl sites for hydroxylation is 1. The van der Waals surface area contributed by atoms with Crippen LogP contribution >= 0.6 is 0 Å². The van der Waals surface area contributed by atoms with Gasteiger partial charge in [0.1, 0.15) is 25.0 Å². The van der Waals surface area contributed by atoms with E-state index in [0.29, 0.717) is 25.5 Å². The van der Waals surface area contributed by atoms with Crippen LogP contribution in [-0.2, 0) is 13.1 Å². The number of rotatable bonds is 4. The van der Waals surface area contributed by atoms with Crippen LogP contribution in [0.4, 0.5) is 0 Å². The number of nitrogens with zero attached hydrogens (tertiary/aromatic N) is 2. The summed E-state index contributed by atoms with van der Waals surface area (Å²) in [6.07, 6.45) is 0. The van der Waals surface area contributed by atoms with Gasteiger partial charge in [0.05, 0.1) is 0 Å². The van der Waals surface area contributed by atoms with E-state index in [1.165, 1.54) is 38.9 Å². The van der Waals surface area contributed by atoms with Gasteiger partial charge in [0.2, 0.25) is 0 Å². The summed E-state index contributed by atoms with van der Waals surface area (Å²) in [7, 11) is 0. The van der Waals surface area contributed by atoms with Gasteiger partial charge in [-0.25, -0.2) is 0 Å². The Balaban J connectivity index is 1.40. The van der Waals surface area contributed by atoms with Gasteiger partial charge in [-0.1, -0.05) is 30.3 Å². The minimum Gasteiger partial charge on any atom is -0.478 e. The molecule has 0 N–H and O–H groups in total. The highest BCUT2D eigenvalue weighted by atomic mass is 16.5. The van der Waals surface area contributed by atoms with Crippen LogP contribution < -0.4 is 9.47 Å². The first-order chi connectivity index (χ1) is 15.9. The van der Waals surface area contributed by atoms with Gasteiger partial charge in [0.15, 0.2) is 0 Å². The van der Waals surface area contributed by atoms with Crippen LogP contribution in [0.3, 0.4) is 0 Å². The standard InChI is InChI=1S/C29H34N2O2/c1-19(2)30-15-26-13-24(10-11-28(26)32-17-30)22-6-8-23(9-7-22)25-12-21(5)29-27(14-25)16-31(18-33-29)20(3)4/h6-14,19-20H,15-18H2,1-5H3. The molecule has 0 atom stereocenters. The number of fused-ring (bicyclic) bond motifs is 2. The van der Waals surface area contributed by atoms with E-state index in [4.69, 9.17) is 9.47 Å². The molecule has 0 bridgehead atoms. The van der Waals surface area contributed by atoms with Crippen molar-refractivity contribution in [2.45, 2.75) is 59.8 Å². The Bertz CT molecular complexity index is 1150. The first kappa shape index (κ1) is 22.0. The molecule has 0 saturated carbocycles. The molecule has 0 radical (unpaired) electrons. The van der Waals surface area contributed by atoms with Crippen LogP contribution in [0.5, 0.6) is 11.5 Å². The number of hydrogen-bond acceptors (Lipinski definition) is 4. The van der Waals surface area contributed by atoms with E-state index in [1.807, 2.05) is 0 Å². The summed E-state index contributed by atoms with van der Waals surface area (Å²) in [4.78, 5) is 4.70. The zero-order chi connectivity index (χ0) is 23.1. The summed E-state index contributed by atoms with van der Waals surface area (Å²) in [6.45, 7) is 14.2. The monoisotopic (exact) mass is 442 g/mol. The smallest absolute Gasteiger partial charge is 0.142 e. The zero-order valence-electron chi connectivity index (χ0n) is 20.4. The van der Waals surface area contributed by atoms with Gasteiger partial charge in [-0.15, -0.1) is 0 Å². The summed E-state index contributed by atoms with van der Waals surface area (Å²) in [5, 5.41) is 0. The Labute approximate surface area is 197 Å². The van der Waals surface area contributed by atoms with Gasteiger partial charge >= 0.3 is 0 Å². The Morgan fingerprint density at radius 2 is 1.18 bits per heavy atom. The molecule has 3 aromatic rings. The molecule has 0 unspecified atom stereocenters. The molecule has 2 aliphatic rings. The van der Waals surface area contributed by atoms with Gasteiger partial charge in [0.25, 0.3) is 0 Å². The second-order valence-corrected chi connectivity index (χ2v) is 9.91. The van der Waals surface area contributed by atoms with E-state index in [-0.39, 0.29) is 0 Å². The number of benzene rings is 3. The fraction of sp³-hybridized carbons (Fsp3) is 0.379. The predicted molar refractivity (Wildman–Crippen MR) is 134 cm³/mol. The van der Waals surface area contributed by atoms with Crippen LogP contribution in [0.2, 0.25) is 0 Å². The molecule has 3 aromatic carbocycles. The third-order valence-corrected chi connectivity index (χ3v) is 6.93. The summed E-state index contributed by atoms with van der Waals surface area (Å²) >= 11 is 0. The summed E-state index contributed by atoms with van der Waals surface area (Å²) < 4.78 is 12.0. The highest BCUT2D eigenvalue weighted by Crippen LogP contribution is 2.36. The van der Waals surface area contributed by atoms with Gasteiger partial charge in [-0.2, -0.15) is 0 Å². The van der Waals surface area contributed by atoms with Crippen molar-refractivity contribution in [1.29, 1.82) is 0 Å². The first-order valence-electron chi connectivity index (χ1n) is 12.0. The van der Waals surface area contributed by atoms with Crippen LogP contribution in [0.15, 0.2) is 54.6 Å². The zero-order valence-corrected chi connectivity index (χ0v) is 20.4. The van der Waals surface area contributed by atoms with Crippen molar-refractivity contribution in [1.82, 2.24) is 9.80 Å². The predicted octanol–water partition coefficient (Wildman–Crippen LogP) is 6.45. The summed E-state index contributed by atoms with van der Waals surface area (Å²) in [5.41, 5.74) is 8.69. The van der Waals surface area contributed by atoms with Crippen molar-refractivity contribution in [3.8, 4) is 33.8 Å². The lowest BCUT2D eigenvalue weighted by molar-refractivity contribution is 0.0680. The summed E-state index contributed by atoms with van der Waals surface area (Å²) in [5.74, 6) is 2.06. The average Bonchev–Trinajstić information content (AvgIpc) is 2.83. The largest absolute Gasteiger partial charge is 0.478 e. The maximum atomic E-state index is 6.08. The van der Waals surface area contributed by atoms with E-state index >= 15 is 0 Å². The van der Waals surface area contributed by atoms with E-state index in [2.05, 4.69) is 99.0 Å². The molecule has 0 aliphatic carbocycles. The van der Waals surface area contributed by atoms with Crippen molar-refractivity contribution >= 4 is 0 Å². The van der Waals surface area contributed by atoms with Gasteiger partial charge in [-0.3, -0.25) is 9.80 Å². The third kappa shape index (κ3) is 4.38. The highest BCUT2D eigenvalue weighted by Gasteiger charge is 2.22. The second-order valence-electron chi connectivity index (χ2n) is 9.91. The minimum atomic E-state index is 0.469. The van der Waals surface area contributed by atoms with Crippen molar-refractivity contribution in [3.05, 3.63) is 71.3 Å². The van der Waals surface area contributed by atoms with E-state index in [9.17, 15) is 0 Å². The van der Waals surface area contributed by atoms with Crippen molar-refractivity contribution in [3.63, 3.8) is 0 Å². The molecule has 172 valence electrons. The molecule has 2 heterocycles. The molecule has 0 spiro atoms. The number of hydrogen-bond donors (Lipinski definition) is 0. The second kappa shape index (κ2) is 8.85. The van der Waals surface area contributed by atoms with Crippen molar-refractivity contribution in [2.24, 2.45) is 0 Å². The van der Waals surface area contributed by atoms with Crippen LogP contribution in [0.1, 0.15) is 44.4 Å². The Morgan fingerprint density at radius 1 is 0.636 bits per heavy atom. The van der Waals surface area contributed by atoms with Crippen molar-refractivity contribution in [2.75, 3.05) is 13.5 Å². The summed E-state index contributed by atoms with van der Waals surface area (Å²) in [6, 6.07) is 21.0.